The van der Waals surface area contributed by atoms with E-state index in [-0.39, 0.29) is 25.1 Å². The Morgan fingerprint density at radius 1 is 0.776 bits per heavy atom. The van der Waals surface area contributed by atoms with Gasteiger partial charge in [0.1, 0.15) is 0 Å². The van der Waals surface area contributed by atoms with Crippen molar-refractivity contribution >= 4 is 11.9 Å². The number of aromatic nitrogens is 3. The van der Waals surface area contributed by atoms with E-state index in [1.54, 1.807) is 12.1 Å². The molecule has 7 rings (SSSR count). The van der Waals surface area contributed by atoms with Crippen molar-refractivity contribution in [2.24, 2.45) is 11.8 Å². The Hall–Kier alpha value is -5.86. The second-order valence-electron chi connectivity index (χ2n) is 11.5. The number of esters is 1. The normalized spacial score (nSPS) is 20.1. The molecular weight excluding hydrogens is 640 g/mol. The van der Waals surface area contributed by atoms with Crippen molar-refractivity contribution in [1.29, 1.82) is 0 Å². The fourth-order valence-electron chi connectivity index (χ4n) is 6.94. The molecule has 0 saturated carbocycles. The first-order valence-corrected chi connectivity index (χ1v) is 15.3. The Bertz CT molecular complexity index is 1890. The molecule has 1 saturated heterocycles. The Labute approximate surface area is 280 Å². The number of hydrogen-bond acceptors (Lipinski definition) is 13. The topological polar surface area (TPSA) is 160 Å². The van der Waals surface area contributed by atoms with Gasteiger partial charge in [0.15, 0.2) is 40.2 Å². The number of fused-ring (bicyclic) bond motifs is 3. The summed E-state index contributed by atoms with van der Waals surface area (Å²) in [5, 5.41) is 11.4. The number of cyclic esters (lactones) is 1. The van der Waals surface area contributed by atoms with E-state index in [2.05, 4.69) is 15.6 Å². The van der Waals surface area contributed by atoms with Crippen LogP contribution in [0.15, 0.2) is 42.6 Å². The average Bonchev–Trinajstić information content (AvgIpc) is 3.90. The molecule has 15 heteroatoms. The minimum Gasteiger partial charge on any atom is -0.493 e. The molecule has 15 nitrogen and oxygen atoms in total. The highest BCUT2D eigenvalue weighted by molar-refractivity contribution is 5.92. The Morgan fingerprint density at radius 3 is 1.92 bits per heavy atom. The van der Waals surface area contributed by atoms with Crippen LogP contribution in [0.1, 0.15) is 39.1 Å². The number of carbonyl (C=O) groups excluding carboxylic acids is 2. The van der Waals surface area contributed by atoms with E-state index < -0.39 is 29.7 Å². The number of benzene rings is 3. The third-order valence-electron chi connectivity index (χ3n) is 9.16. The van der Waals surface area contributed by atoms with Gasteiger partial charge in [0, 0.05) is 24.0 Å². The average molecular weight is 675 g/mol. The van der Waals surface area contributed by atoms with Crippen LogP contribution >= 0.6 is 0 Å². The summed E-state index contributed by atoms with van der Waals surface area (Å²) in [4.78, 5) is 27.4. The molecule has 256 valence electrons. The van der Waals surface area contributed by atoms with Crippen LogP contribution in [-0.4, -0.2) is 82.9 Å². The number of rotatable bonds is 10. The zero-order chi connectivity index (χ0) is 34.4. The van der Waals surface area contributed by atoms with E-state index in [9.17, 15) is 9.59 Å². The summed E-state index contributed by atoms with van der Waals surface area (Å²) in [6.45, 7) is 0.129. The van der Waals surface area contributed by atoms with Gasteiger partial charge in [-0.1, -0.05) is 5.21 Å². The number of amides is 1. The van der Waals surface area contributed by atoms with Gasteiger partial charge in [-0.2, -0.15) is 0 Å². The van der Waals surface area contributed by atoms with Crippen LogP contribution in [0.3, 0.4) is 0 Å². The monoisotopic (exact) mass is 674 g/mol. The number of hydrogen-bond donors (Lipinski definition) is 1. The van der Waals surface area contributed by atoms with E-state index in [1.165, 1.54) is 53.5 Å². The lowest BCUT2D eigenvalue weighted by Crippen LogP contribution is -2.43. The molecule has 1 N–H and O–H groups in total. The Kier molecular flexibility index (Phi) is 8.18. The van der Waals surface area contributed by atoms with Crippen LogP contribution in [0.25, 0.3) is 5.69 Å². The van der Waals surface area contributed by atoms with Gasteiger partial charge in [-0.3, -0.25) is 9.59 Å². The fourth-order valence-corrected chi connectivity index (χ4v) is 6.94. The summed E-state index contributed by atoms with van der Waals surface area (Å²) >= 11 is 0. The summed E-state index contributed by atoms with van der Waals surface area (Å²) in [6.07, 6.45) is 1.49. The molecule has 3 aliphatic rings. The molecule has 0 radical (unpaired) electrons. The maximum absolute atomic E-state index is 13.9. The van der Waals surface area contributed by atoms with Crippen molar-refractivity contribution in [2.45, 2.75) is 12.0 Å². The molecule has 1 aromatic heterocycles. The quantitative estimate of drug-likeness (QED) is 0.244. The lowest BCUT2D eigenvalue weighted by atomic mass is 9.65. The predicted molar refractivity (Wildman–Crippen MR) is 170 cm³/mol. The van der Waals surface area contributed by atoms with Gasteiger partial charge in [0.25, 0.3) is 5.91 Å². The van der Waals surface area contributed by atoms with Gasteiger partial charge in [0.05, 0.1) is 73.1 Å². The lowest BCUT2D eigenvalue weighted by molar-refractivity contribution is -0.141. The smallest absolute Gasteiger partial charge is 0.310 e. The van der Waals surface area contributed by atoms with Gasteiger partial charge in [-0.05, 0) is 41.0 Å². The van der Waals surface area contributed by atoms with Gasteiger partial charge in [-0.25, -0.2) is 4.68 Å². The van der Waals surface area contributed by atoms with Gasteiger partial charge in [-0.15, -0.1) is 5.10 Å². The maximum Gasteiger partial charge on any atom is 0.310 e. The molecule has 4 aromatic rings. The SMILES string of the molecule is COc1cc([C@@H]2c3cc4c(cc3[C@@H](NC(=O)c3cn(-c5cc(OC)c(OC)c(OC)c5)nn3)[C@H]3COC(=O)[C@H]23)OCO4)cc(OC)c1OC. The third-order valence-corrected chi connectivity index (χ3v) is 9.16. The summed E-state index contributed by atoms with van der Waals surface area (Å²) < 4.78 is 51.8. The molecule has 1 fully saturated rings. The van der Waals surface area contributed by atoms with E-state index >= 15 is 0 Å². The van der Waals surface area contributed by atoms with Crippen molar-refractivity contribution in [2.75, 3.05) is 56.1 Å². The fraction of sp³-hybridized carbons (Fsp3) is 0.353. The van der Waals surface area contributed by atoms with Crippen LogP contribution in [-0.2, 0) is 9.53 Å². The molecule has 4 atom stereocenters. The first-order chi connectivity index (χ1) is 23.8. The van der Waals surface area contributed by atoms with Crippen LogP contribution in [0.5, 0.6) is 46.0 Å². The van der Waals surface area contributed by atoms with E-state index in [4.69, 9.17) is 42.6 Å². The molecule has 49 heavy (non-hydrogen) atoms. The van der Waals surface area contributed by atoms with Gasteiger partial charge in [0.2, 0.25) is 18.3 Å². The summed E-state index contributed by atoms with van der Waals surface area (Å²) in [5.74, 6) is 1.07. The standard InChI is InChI=1S/C34H34N4O11/c1-41-24-7-16(8-25(42-2)31(24)45-5)28-18-11-22-23(49-15-48-22)12-19(18)30(20-14-47-34(40)29(20)28)35-33(39)21-13-38(37-36-21)17-9-26(43-3)32(46-6)27(10-17)44-4/h7-13,20,28-30H,14-15H2,1-6H3,(H,35,39)/t20-,28+,29-,30+/m0/s1. The molecule has 0 bridgehead atoms. The highest BCUT2D eigenvalue weighted by atomic mass is 16.7. The molecule has 0 spiro atoms. The first kappa shape index (κ1) is 31.7. The minimum atomic E-state index is -0.670. The Balaban J connectivity index is 1.28. The number of nitrogens with one attached hydrogen (secondary N) is 1. The van der Waals surface area contributed by atoms with Crippen LogP contribution in [0.2, 0.25) is 0 Å². The molecule has 1 aliphatic carbocycles. The zero-order valence-electron chi connectivity index (χ0n) is 27.6. The number of ether oxygens (including phenoxy) is 9. The molecular formula is C34H34N4O11. The summed E-state index contributed by atoms with van der Waals surface area (Å²) in [7, 11) is 9.11. The molecule has 2 aliphatic heterocycles. The highest BCUT2D eigenvalue weighted by Gasteiger charge is 2.53. The second-order valence-corrected chi connectivity index (χ2v) is 11.5. The summed E-state index contributed by atoms with van der Waals surface area (Å²) in [6, 6.07) is 10.1. The lowest BCUT2D eigenvalue weighted by Gasteiger charge is -2.39. The van der Waals surface area contributed by atoms with Crippen molar-refractivity contribution in [3.05, 3.63) is 65.0 Å². The van der Waals surface area contributed by atoms with Gasteiger partial charge < -0.3 is 47.9 Å². The number of methoxy groups -OCH3 is 6. The predicted octanol–water partition coefficient (Wildman–Crippen LogP) is 3.45. The largest absolute Gasteiger partial charge is 0.493 e. The van der Waals surface area contributed by atoms with Crippen molar-refractivity contribution in [3.63, 3.8) is 0 Å². The summed E-state index contributed by atoms with van der Waals surface area (Å²) in [5.41, 5.74) is 2.81. The third kappa shape index (κ3) is 5.21. The van der Waals surface area contributed by atoms with Crippen LogP contribution in [0, 0.1) is 11.8 Å². The highest BCUT2D eigenvalue weighted by Crippen LogP contribution is 2.55. The number of nitrogens with zero attached hydrogens (tertiary/aromatic N) is 3. The van der Waals surface area contributed by atoms with Crippen molar-refractivity contribution < 1.29 is 52.2 Å². The molecule has 1 amide bonds. The van der Waals surface area contributed by atoms with Gasteiger partial charge >= 0.3 is 5.97 Å². The molecule has 0 unspecified atom stereocenters. The van der Waals surface area contributed by atoms with E-state index in [0.717, 1.165) is 16.7 Å². The minimum absolute atomic E-state index is 0.0447. The van der Waals surface area contributed by atoms with Crippen LogP contribution < -0.4 is 43.2 Å². The maximum atomic E-state index is 13.9. The molecule has 3 aromatic carbocycles. The van der Waals surface area contributed by atoms with Crippen LogP contribution in [0.4, 0.5) is 0 Å². The zero-order valence-corrected chi connectivity index (χ0v) is 27.6. The van der Waals surface area contributed by atoms with Crippen molar-refractivity contribution in [3.8, 4) is 51.7 Å². The number of carbonyl (C=O) groups is 2. The van der Waals surface area contributed by atoms with E-state index in [0.29, 0.717) is 51.7 Å². The Morgan fingerprint density at radius 2 is 1.35 bits per heavy atom. The second kappa shape index (κ2) is 12.6. The first-order valence-electron chi connectivity index (χ1n) is 15.3. The molecule has 3 heterocycles. The van der Waals surface area contributed by atoms with Crippen molar-refractivity contribution in [1.82, 2.24) is 20.3 Å². The van der Waals surface area contributed by atoms with E-state index in [1.807, 2.05) is 24.3 Å².